The molecule has 0 saturated carbocycles. The van der Waals surface area contributed by atoms with Crippen molar-refractivity contribution >= 4 is 23.2 Å². The Labute approximate surface area is 143 Å². The van der Waals surface area contributed by atoms with Crippen LogP contribution in [-0.4, -0.2) is 25.2 Å². The molecule has 25 heavy (non-hydrogen) atoms. The van der Waals surface area contributed by atoms with Gasteiger partial charge in [0.05, 0.1) is 0 Å². The number of anilines is 2. The van der Waals surface area contributed by atoms with Crippen molar-refractivity contribution in [3.63, 3.8) is 0 Å². The minimum atomic E-state index is -0.798. The summed E-state index contributed by atoms with van der Waals surface area (Å²) in [5, 5.41) is 2.60. The van der Waals surface area contributed by atoms with Gasteiger partial charge in [-0.15, -0.1) is 0 Å². The largest absolute Gasteiger partial charge is 0.454 e. The third-order valence-corrected chi connectivity index (χ3v) is 4.28. The highest BCUT2D eigenvalue weighted by Gasteiger charge is 2.38. The summed E-state index contributed by atoms with van der Waals surface area (Å²) < 4.78 is 23.8. The Morgan fingerprint density at radius 3 is 2.84 bits per heavy atom. The molecule has 0 spiro atoms. The molecule has 1 unspecified atom stereocenters. The number of fused-ring (bicyclic) bond motifs is 1. The van der Waals surface area contributed by atoms with Gasteiger partial charge in [0, 0.05) is 24.0 Å². The molecule has 0 bridgehead atoms. The summed E-state index contributed by atoms with van der Waals surface area (Å²) in [6, 6.07) is 10.8. The van der Waals surface area contributed by atoms with Gasteiger partial charge in [-0.25, -0.2) is 4.39 Å². The summed E-state index contributed by atoms with van der Waals surface area (Å²) >= 11 is 0. The predicted molar refractivity (Wildman–Crippen MR) is 88.1 cm³/mol. The van der Waals surface area contributed by atoms with Gasteiger partial charge in [-0.3, -0.25) is 9.59 Å². The monoisotopic (exact) mass is 342 g/mol. The van der Waals surface area contributed by atoms with Crippen molar-refractivity contribution in [2.75, 3.05) is 23.6 Å². The molecule has 2 amide bonds. The molecule has 1 atom stereocenters. The molecular weight excluding hydrogens is 327 g/mol. The lowest BCUT2D eigenvalue weighted by Crippen LogP contribution is -2.33. The molecule has 0 aromatic heterocycles. The van der Waals surface area contributed by atoms with Gasteiger partial charge in [0.1, 0.15) is 11.7 Å². The zero-order valence-corrected chi connectivity index (χ0v) is 13.2. The minimum Gasteiger partial charge on any atom is -0.454 e. The number of hydrogen-bond acceptors (Lipinski definition) is 4. The molecule has 128 valence electrons. The van der Waals surface area contributed by atoms with Gasteiger partial charge in [0.15, 0.2) is 11.5 Å². The van der Waals surface area contributed by atoms with E-state index in [2.05, 4.69) is 5.32 Å². The number of hydrogen-bond donors (Lipinski definition) is 1. The average Bonchev–Trinajstić information content (AvgIpc) is 3.20. The fourth-order valence-electron chi connectivity index (χ4n) is 3.03. The van der Waals surface area contributed by atoms with Gasteiger partial charge < -0.3 is 19.7 Å². The summed E-state index contributed by atoms with van der Waals surface area (Å²) in [5.41, 5.74) is 0.995. The smallest absolute Gasteiger partial charge is 0.239 e. The molecule has 1 saturated heterocycles. The first-order valence-electron chi connectivity index (χ1n) is 7.89. The zero-order chi connectivity index (χ0) is 17.4. The molecule has 2 heterocycles. The summed E-state index contributed by atoms with van der Waals surface area (Å²) in [6.07, 6.45) is 0.397. The molecule has 2 aliphatic heterocycles. The molecular formula is C18H15FN2O4. The van der Waals surface area contributed by atoms with Crippen molar-refractivity contribution in [3.05, 3.63) is 48.3 Å². The third-order valence-electron chi connectivity index (χ3n) is 4.28. The van der Waals surface area contributed by atoms with Crippen LogP contribution in [0.5, 0.6) is 11.5 Å². The normalized spacial score (nSPS) is 18.5. The number of benzene rings is 2. The molecule has 1 fully saturated rings. The Bertz CT molecular complexity index is 855. The van der Waals surface area contributed by atoms with Crippen molar-refractivity contribution in [2.45, 2.75) is 6.42 Å². The summed E-state index contributed by atoms with van der Waals surface area (Å²) in [5.74, 6) is -0.744. The lowest BCUT2D eigenvalue weighted by Gasteiger charge is -2.17. The van der Waals surface area contributed by atoms with E-state index in [1.807, 2.05) is 0 Å². The van der Waals surface area contributed by atoms with Crippen LogP contribution in [0.3, 0.4) is 0 Å². The molecule has 7 heteroatoms. The summed E-state index contributed by atoms with van der Waals surface area (Å²) in [7, 11) is 0. The Balaban J connectivity index is 1.48. The van der Waals surface area contributed by atoms with Crippen LogP contribution in [0.15, 0.2) is 42.5 Å². The lowest BCUT2D eigenvalue weighted by molar-refractivity contribution is -0.129. The third kappa shape index (κ3) is 2.88. The average molecular weight is 342 g/mol. The number of amides is 2. The van der Waals surface area contributed by atoms with Gasteiger partial charge >= 0.3 is 0 Å². The molecule has 2 aliphatic rings. The van der Waals surface area contributed by atoms with E-state index < -0.39 is 17.6 Å². The highest BCUT2D eigenvalue weighted by atomic mass is 19.1. The second-order valence-corrected chi connectivity index (χ2v) is 5.87. The molecule has 0 aliphatic carbocycles. The van der Waals surface area contributed by atoms with E-state index in [9.17, 15) is 14.0 Å². The van der Waals surface area contributed by atoms with Crippen LogP contribution in [0.25, 0.3) is 0 Å². The maximum Gasteiger partial charge on any atom is 0.239 e. The van der Waals surface area contributed by atoms with Crippen LogP contribution in [0.1, 0.15) is 6.42 Å². The number of rotatable bonds is 3. The lowest BCUT2D eigenvalue weighted by atomic mass is 10.1. The Morgan fingerprint density at radius 1 is 1.16 bits per heavy atom. The Morgan fingerprint density at radius 2 is 2.00 bits per heavy atom. The second kappa shape index (κ2) is 6.08. The second-order valence-electron chi connectivity index (χ2n) is 5.87. The van der Waals surface area contributed by atoms with E-state index in [1.54, 1.807) is 29.2 Å². The number of carbonyl (C=O) groups is 2. The van der Waals surface area contributed by atoms with Gasteiger partial charge in [-0.05, 0) is 36.8 Å². The van der Waals surface area contributed by atoms with Crippen molar-refractivity contribution in [2.24, 2.45) is 5.92 Å². The fourth-order valence-corrected chi connectivity index (χ4v) is 3.03. The first-order valence-corrected chi connectivity index (χ1v) is 7.89. The quantitative estimate of drug-likeness (QED) is 0.871. The predicted octanol–water partition coefficient (Wildman–Crippen LogP) is 2.55. The van der Waals surface area contributed by atoms with Crippen molar-refractivity contribution in [1.82, 2.24) is 0 Å². The van der Waals surface area contributed by atoms with Gasteiger partial charge in [0.25, 0.3) is 0 Å². The summed E-state index contributed by atoms with van der Waals surface area (Å²) in [6.45, 7) is 0.588. The van der Waals surface area contributed by atoms with Gasteiger partial charge in [-0.1, -0.05) is 6.07 Å². The molecule has 1 N–H and O–H groups in total. The van der Waals surface area contributed by atoms with Crippen LogP contribution < -0.4 is 19.7 Å². The molecule has 2 aromatic rings. The van der Waals surface area contributed by atoms with Crippen molar-refractivity contribution < 1.29 is 23.5 Å². The molecule has 2 aromatic carbocycles. The standard InChI is InChI=1S/C18H15FN2O4/c19-11-2-1-3-12(8-11)20-17(22)14-6-7-21(18(14)23)13-4-5-15-16(9-13)25-10-24-15/h1-5,8-9,14H,6-7,10H2,(H,20,22). The number of ether oxygens (including phenoxy) is 2. The molecule has 6 nitrogen and oxygen atoms in total. The Hall–Kier alpha value is -3.09. The summed E-state index contributed by atoms with van der Waals surface area (Å²) in [4.78, 5) is 26.6. The number of halogens is 1. The van der Waals surface area contributed by atoms with E-state index in [-0.39, 0.29) is 12.7 Å². The van der Waals surface area contributed by atoms with Crippen LogP contribution in [0.2, 0.25) is 0 Å². The SMILES string of the molecule is O=C(Nc1cccc(F)c1)C1CCN(c2ccc3c(c2)OCO3)C1=O. The first-order chi connectivity index (χ1) is 12.1. The van der Waals surface area contributed by atoms with E-state index in [1.165, 1.54) is 18.2 Å². The van der Waals surface area contributed by atoms with Gasteiger partial charge in [-0.2, -0.15) is 0 Å². The van der Waals surface area contributed by atoms with Crippen LogP contribution in [-0.2, 0) is 9.59 Å². The fraction of sp³-hybridized carbons (Fsp3) is 0.222. The number of nitrogens with zero attached hydrogens (tertiary/aromatic N) is 1. The van der Waals surface area contributed by atoms with E-state index in [0.29, 0.717) is 35.8 Å². The number of nitrogens with one attached hydrogen (secondary N) is 1. The topological polar surface area (TPSA) is 67.9 Å². The minimum absolute atomic E-state index is 0.158. The Kier molecular flexibility index (Phi) is 3.76. The van der Waals surface area contributed by atoms with Crippen LogP contribution in [0.4, 0.5) is 15.8 Å². The maximum atomic E-state index is 13.2. The zero-order valence-electron chi connectivity index (χ0n) is 13.2. The van der Waals surface area contributed by atoms with E-state index >= 15 is 0 Å². The van der Waals surface area contributed by atoms with E-state index in [0.717, 1.165) is 0 Å². The maximum absolute atomic E-state index is 13.2. The van der Waals surface area contributed by atoms with Crippen LogP contribution >= 0.6 is 0 Å². The number of carbonyl (C=O) groups excluding carboxylic acids is 2. The molecule has 4 rings (SSSR count). The van der Waals surface area contributed by atoms with Gasteiger partial charge in [0.2, 0.25) is 18.6 Å². The highest BCUT2D eigenvalue weighted by molar-refractivity contribution is 6.13. The van der Waals surface area contributed by atoms with Crippen molar-refractivity contribution in [1.29, 1.82) is 0 Å². The highest BCUT2D eigenvalue weighted by Crippen LogP contribution is 2.37. The molecule has 0 radical (unpaired) electrons. The first kappa shape index (κ1) is 15.4. The van der Waals surface area contributed by atoms with Crippen LogP contribution in [0, 0.1) is 11.7 Å². The van der Waals surface area contributed by atoms with Crippen molar-refractivity contribution in [3.8, 4) is 11.5 Å². The van der Waals surface area contributed by atoms with E-state index in [4.69, 9.17) is 9.47 Å².